The van der Waals surface area contributed by atoms with Crippen LogP contribution >= 0.6 is 23.2 Å². The van der Waals surface area contributed by atoms with E-state index in [0.717, 1.165) is 9.87 Å². The molecule has 3 aromatic carbocycles. The molecule has 208 valence electrons. The first-order chi connectivity index (χ1) is 18.5. The second-order valence-corrected chi connectivity index (χ2v) is 11.4. The van der Waals surface area contributed by atoms with E-state index in [1.54, 1.807) is 61.5 Å². The Morgan fingerprint density at radius 2 is 1.64 bits per heavy atom. The second kappa shape index (κ2) is 13.2. The van der Waals surface area contributed by atoms with Crippen molar-refractivity contribution in [1.29, 1.82) is 0 Å². The lowest BCUT2D eigenvalue weighted by Gasteiger charge is -2.33. The van der Waals surface area contributed by atoms with Crippen LogP contribution in [0, 0.1) is 6.92 Å². The minimum Gasteiger partial charge on any atom is -0.495 e. The molecule has 1 N–H and O–H groups in total. The molecule has 0 heterocycles. The minimum absolute atomic E-state index is 0.000371. The smallest absolute Gasteiger partial charge is 0.264 e. The van der Waals surface area contributed by atoms with Crippen molar-refractivity contribution in [2.24, 2.45) is 0 Å². The fraction of sp³-hybridized carbons (Fsp3) is 0.286. The van der Waals surface area contributed by atoms with Crippen molar-refractivity contribution in [2.75, 3.05) is 25.0 Å². The summed E-state index contributed by atoms with van der Waals surface area (Å²) in [5, 5.41) is 3.22. The summed E-state index contributed by atoms with van der Waals surface area (Å²) in [5.41, 5.74) is 1.41. The lowest BCUT2D eigenvalue weighted by atomic mass is 10.1. The Morgan fingerprint density at radius 1 is 1.00 bits per heavy atom. The van der Waals surface area contributed by atoms with E-state index in [1.807, 2.05) is 6.92 Å². The fourth-order valence-corrected chi connectivity index (χ4v) is 6.12. The molecule has 0 saturated heterocycles. The largest absolute Gasteiger partial charge is 0.495 e. The number of halogens is 2. The molecule has 11 heteroatoms. The lowest BCUT2D eigenvalue weighted by molar-refractivity contribution is -0.140. The predicted molar refractivity (Wildman–Crippen MR) is 154 cm³/mol. The number of benzene rings is 3. The zero-order chi connectivity index (χ0) is 28.7. The molecule has 2 amide bonds. The number of nitrogens with zero attached hydrogens (tertiary/aromatic N) is 2. The van der Waals surface area contributed by atoms with Crippen molar-refractivity contribution < 1.29 is 22.7 Å². The molecule has 3 aromatic rings. The number of ether oxygens (including phenoxy) is 1. The molecule has 0 aromatic heterocycles. The highest BCUT2D eigenvalue weighted by Gasteiger charge is 2.35. The van der Waals surface area contributed by atoms with Crippen molar-refractivity contribution >= 4 is 50.7 Å². The highest BCUT2D eigenvalue weighted by atomic mass is 35.5. The zero-order valence-electron chi connectivity index (χ0n) is 22.1. The maximum atomic E-state index is 14.1. The number of aryl methyl sites for hydroxylation is 1. The summed E-state index contributed by atoms with van der Waals surface area (Å²) in [6, 6.07) is 16.9. The van der Waals surface area contributed by atoms with Crippen LogP contribution in [0.5, 0.6) is 5.75 Å². The summed E-state index contributed by atoms with van der Waals surface area (Å²) in [4.78, 5) is 28.2. The zero-order valence-corrected chi connectivity index (χ0v) is 24.5. The molecule has 0 bridgehead atoms. The average molecular weight is 593 g/mol. The van der Waals surface area contributed by atoms with Crippen molar-refractivity contribution in [3.8, 4) is 5.75 Å². The van der Waals surface area contributed by atoms with Crippen LogP contribution in [0.2, 0.25) is 10.0 Å². The Bertz CT molecular complexity index is 1410. The molecule has 0 spiro atoms. The molecular formula is C28H31Cl2N3O5S. The third-order valence-electron chi connectivity index (χ3n) is 6.24. The first-order valence-corrected chi connectivity index (χ1v) is 14.4. The van der Waals surface area contributed by atoms with Gasteiger partial charge in [-0.15, -0.1) is 0 Å². The number of carbonyl (C=O) groups excluding carboxylic acids is 2. The number of methoxy groups -OCH3 is 1. The Kier molecular flexibility index (Phi) is 10.2. The SMILES string of the molecule is CC[C@H](C(=O)NC)N(Cc1c(Cl)cccc1Cl)C(=O)CN(c1cc(C)ccc1OC)S(=O)(=O)c1ccccc1. The van der Waals surface area contributed by atoms with E-state index in [2.05, 4.69) is 5.32 Å². The summed E-state index contributed by atoms with van der Waals surface area (Å²) in [6.07, 6.45) is 0.271. The van der Waals surface area contributed by atoms with Gasteiger partial charge in [0.15, 0.2) is 0 Å². The Morgan fingerprint density at radius 3 is 2.21 bits per heavy atom. The van der Waals surface area contributed by atoms with Gasteiger partial charge in [0.25, 0.3) is 10.0 Å². The van der Waals surface area contributed by atoms with Gasteiger partial charge in [0.2, 0.25) is 11.8 Å². The van der Waals surface area contributed by atoms with Crippen LogP contribution in [-0.4, -0.2) is 51.9 Å². The second-order valence-electron chi connectivity index (χ2n) is 8.76. The molecule has 0 aliphatic heterocycles. The van der Waals surface area contributed by atoms with E-state index in [4.69, 9.17) is 27.9 Å². The molecular weight excluding hydrogens is 561 g/mol. The van der Waals surface area contributed by atoms with Gasteiger partial charge in [-0.3, -0.25) is 13.9 Å². The number of hydrogen-bond acceptors (Lipinski definition) is 5. The van der Waals surface area contributed by atoms with Crippen LogP contribution in [0.3, 0.4) is 0 Å². The quantitative estimate of drug-likeness (QED) is 0.336. The monoisotopic (exact) mass is 591 g/mol. The van der Waals surface area contributed by atoms with E-state index in [-0.39, 0.29) is 29.3 Å². The molecule has 0 saturated carbocycles. The first kappa shape index (κ1) is 30.3. The molecule has 0 unspecified atom stereocenters. The van der Waals surface area contributed by atoms with E-state index in [0.29, 0.717) is 15.6 Å². The maximum absolute atomic E-state index is 14.1. The van der Waals surface area contributed by atoms with Crippen LogP contribution in [0.1, 0.15) is 24.5 Å². The van der Waals surface area contributed by atoms with Crippen molar-refractivity contribution in [3.05, 3.63) is 87.9 Å². The number of anilines is 1. The topological polar surface area (TPSA) is 96.0 Å². The molecule has 0 aliphatic carbocycles. The Hall–Kier alpha value is -3.27. The predicted octanol–water partition coefficient (Wildman–Crippen LogP) is 5.06. The number of carbonyl (C=O) groups is 2. The van der Waals surface area contributed by atoms with Gasteiger partial charge < -0.3 is 15.0 Å². The van der Waals surface area contributed by atoms with Gasteiger partial charge in [-0.2, -0.15) is 0 Å². The van der Waals surface area contributed by atoms with E-state index < -0.39 is 34.4 Å². The van der Waals surface area contributed by atoms with Gasteiger partial charge in [-0.1, -0.05) is 60.5 Å². The molecule has 0 fully saturated rings. The highest BCUT2D eigenvalue weighted by Crippen LogP contribution is 2.34. The van der Waals surface area contributed by atoms with E-state index in [1.165, 1.54) is 31.2 Å². The van der Waals surface area contributed by atoms with Crippen molar-refractivity contribution in [3.63, 3.8) is 0 Å². The third-order valence-corrected chi connectivity index (χ3v) is 8.72. The van der Waals surface area contributed by atoms with Crippen LogP contribution in [0.4, 0.5) is 5.69 Å². The Balaban J connectivity index is 2.16. The summed E-state index contributed by atoms with van der Waals surface area (Å²) in [5.74, 6) is -0.754. The molecule has 0 radical (unpaired) electrons. The summed E-state index contributed by atoms with van der Waals surface area (Å²) in [7, 11) is -1.33. The summed E-state index contributed by atoms with van der Waals surface area (Å²) < 4.78 is 34.4. The number of rotatable bonds is 11. The molecule has 3 rings (SSSR count). The number of hydrogen-bond donors (Lipinski definition) is 1. The number of nitrogens with one attached hydrogen (secondary N) is 1. The van der Waals surface area contributed by atoms with Gasteiger partial charge in [0.1, 0.15) is 18.3 Å². The molecule has 8 nitrogen and oxygen atoms in total. The number of likely N-dealkylation sites (N-methyl/N-ethyl adjacent to an activating group) is 1. The van der Waals surface area contributed by atoms with Crippen LogP contribution in [-0.2, 0) is 26.2 Å². The van der Waals surface area contributed by atoms with Crippen molar-refractivity contribution in [2.45, 2.75) is 37.8 Å². The van der Waals surface area contributed by atoms with Crippen LogP contribution in [0.15, 0.2) is 71.6 Å². The number of amides is 2. The highest BCUT2D eigenvalue weighted by molar-refractivity contribution is 7.92. The van der Waals surface area contributed by atoms with Gasteiger partial charge in [-0.05, 0) is 55.3 Å². The van der Waals surface area contributed by atoms with E-state index in [9.17, 15) is 18.0 Å². The molecule has 39 heavy (non-hydrogen) atoms. The fourth-order valence-electron chi connectivity index (χ4n) is 4.17. The van der Waals surface area contributed by atoms with Crippen LogP contribution < -0.4 is 14.4 Å². The van der Waals surface area contributed by atoms with Gasteiger partial charge in [-0.25, -0.2) is 8.42 Å². The summed E-state index contributed by atoms with van der Waals surface area (Å²) >= 11 is 12.8. The maximum Gasteiger partial charge on any atom is 0.264 e. The number of sulfonamides is 1. The average Bonchev–Trinajstić information content (AvgIpc) is 2.93. The van der Waals surface area contributed by atoms with Gasteiger partial charge in [0, 0.05) is 29.2 Å². The molecule has 1 atom stereocenters. The first-order valence-electron chi connectivity index (χ1n) is 12.2. The third kappa shape index (κ3) is 6.84. The Labute approximate surface area is 239 Å². The van der Waals surface area contributed by atoms with Crippen LogP contribution in [0.25, 0.3) is 0 Å². The lowest BCUT2D eigenvalue weighted by Crippen LogP contribution is -2.51. The van der Waals surface area contributed by atoms with Gasteiger partial charge in [0.05, 0.1) is 17.7 Å². The van der Waals surface area contributed by atoms with E-state index >= 15 is 0 Å². The normalized spacial score (nSPS) is 11.9. The molecule has 0 aliphatic rings. The summed E-state index contributed by atoms with van der Waals surface area (Å²) in [6.45, 7) is 2.86. The van der Waals surface area contributed by atoms with Crippen molar-refractivity contribution in [1.82, 2.24) is 10.2 Å². The van der Waals surface area contributed by atoms with Gasteiger partial charge >= 0.3 is 0 Å². The minimum atomic E-state index is -4.23. The standard InChI is InChI=1S/C28H31Cl2N3O5S/c1-5-24(28(35)31-3)32(17-21-22(29)12-9-13-23(21)30)27(34)18-33(25-16-19(2)14-15-26(25)38-4)39(36,37)20-10-7-6-8-11-20/h6-16,24H,5,17-18H2,1-4H3,(H,31,35)/t24-/m1/s1.